The Bertz CT molecular complexity index is 533. The Morgan fingerprint density at radius 3 is 2.83 bits per heavy atom. The van der Waals surface area contributed by atoms with Crippen molar-refractivity contribution in [3.63, 3.8) is 0 Å². The predicted octanol–water partition coefficient (Wildman–Crippen LogP) is 3.38. The van der Waals surface area contributed by atoms with Gasteiger partial charge in [-0.15, -0.1) is 12.4 Å². The monoisotopic (exact) mass is 376 g/mol. The lowest BCUT2D eigenvalue weighted by molar-refractivity contribution is 0.0766. The van der Waals surface area contributed by atoms with Gasteiger partial charge in [0, 0.05) is 25.2 Å². The summed E-state index contributed by atoms with van der Waals surface area (Å²) < 4.78 is 11.1. The summed E-state index contributed by atoms with van der Waals surface area (Å²) in [6.45, 7) is 5.89. The number of ether oxygens (including phenoxy) is 2. The van der Waals surface area contributed by atoms with Gasteiger partial charge in [0.1, 0.15) is 0 Å². The second kappa shape index (κ2) is 10.6. The van der Waals surface area contributed by atoms with E-state index in [0.717, 1.165) is 38.9 Å². The molecule has 24 heavy (non-hydrogen) atoms. The van der Waals surface area contributed by atoms with Crippen LogP contribution in [0.3, 0.4) is 0 Å². The lowest BCUT2D eigenvalue weighted by Gasteiger charge is -2.21. The zero-order chi connectivity index (χ0) is 16.7. The fourth-order valence-corrected chi connectivity index (χ4v) is 2.80. The number of rotatable bonds is 6. The molecule has 136 valence electrons. The summed E-state index contributed by atoms with van der Waals surface area (Å²) in [5, 5.41) is 3.70. The van der Waals surface area contributed by atoms with Gasteiger partial charge < -0.3 is 19.7 Å². The molecule has 1 aromatic rings. The molecule has 0 aliphatic carbocycles. The maximum atomic E-state index is 12.7. The molecule has 5 nitrogen and oxygen atoms in total. The van der Waals surface area contributed by atoms with Crippen LogP contribution in [0.1, 0.15) is 36.5 Å². The molecule has 0 saturated carbocycles. The van der Waals surface area contributed by atoms with Crippen molar-refractivity contribution < 1.29 is 14.3 Å². The molecule has 1 aliphatic heterocycles. The maximum Gasteiger partial charge on any atom is 0.254 e. The third-order valence-electron chi connectivity index (χ3n) is 3.85. The molecule has 0 unspecified atom stereocenters. The molecule has 0 bridgehead atoms. The third kappa shape index (κ3) is 5.43. The molecule has 2 rings (SSSR count). The van der Waals surface area contributed by atoms with Crippen LogP contribution < -0.4 is 14.8 Å². The number of methoxy groups -OCH3 is 1. The zero-order valence-electron chi connectivity index (χ0n) is 14.3. The first kappa shape index (κ1) is 20.9. The van der Waals surface area contributed by atoms with E-state index < -0.39 is 0 Å². The van der Waals surface area contributed by atoms with Crippen molar-refractivity contribution in [3.8, 4) is 11.5 Å². The average molecular weight is 377 g/mol. The Kier molecular flexibility index (Phi) is 9.26. The van der Waals surface area contributed by atoms with Crippen LogP contribution in [0.15, 0.2) is 12.1 Å². The van der Waals surface area contributed by atoms with Gasteiger partial charge >= 0.3 is 0 Å². The van der Waals surface area contributed by atoms with E-state index in [9.17, 15) is 4.79 Å². The quantitative estimate of drug-likeness (QED) is 0.773. The molecule has 1 saturated heterocycles. The molecule has 0 aromatic heterocycles. The fraction of sp³-hybridized carbons (Fsp3) is 0.588. The van der Waals surface area contributed by atoms with Crippen molar-refractivity contribution in [1.29, 1.82) is 0 Å². The minimum atomic E-state index is -0.0194. The molecule has 1 aliphatic rings. The van der Waals surface area contributed by atoms with Crippen LogP contribution in [-0.2, 0) is 0 Å². The first-order valence-corrected chi connectivity index (χ1v) is 8.55. The van der Waals surface area contributed by atoms with Gasteiger partial charge in [-0.25, -0.2) is 0 Å². The van der Waals surface area contributed by atoms with Crippen LogP contribution in [0.2, 0.25) is 5.02 Å². The van der Waals surface area contributed by atoms with Crippen LogP contribution in [0.4, 0.5) is 0 Å². The largest absolute Gasteiger partial charge is 0.493 e. The van der Waals surface area contributed by atoms with E-state index in [-0.39, 0.29) is 18.3 Å². The molecule has 1 N–H and O–H groups in total. The Hall–Kier alpha value is -1.17. The highest BCUT2D eigenvalue weighted by Gasteiger charge is 2.21. The molecule has 1 fully saturated rings. The summed E-state index contributed by atoms with van der Waals surface area (Å²) in [4.78, 5) is 14.5. The summed E-state index contributed by atoms with van der Waals surface area (Å²) >= 11 is 6.32. The Balaban J connectivity index is 0.00000288. The van der Waals surface area contributed by atoms with Crippen LogP contribution in [-0.4, -0.2) is 50.7 Å². The van der Waals surface area contributed by atoms with Gasteiger partial charge in [0.15, 0.2) is 11.5 Å². The van der Waals surface area contributed by atoms with Gasteiger partial charge in [-0.05, 0) is 31.5 Å². The van der Waals surface area contributed by atoms with Gasteiger partial charge in [-0.2, -0.15) is 0 Å². The van der Waals surface area contributed by atoms with Crippen molar-refractivity contribution in [1.82, 2.24) is 10.2 Å². The van der Waals surface area contributed by atoms with Crippen molar-refractivity contribution in [2.24, 2.45) is 0 Å². The van der Waals surface area contributed by atoms with Crippen molar-refractivity contribution >= 4 is 29.9 Å². The van der Waals surface area contributed by atoms with Gasteiger partial charge in [0.2, 0.25) is 0 Å². The van der Waals surface area contributed by atoms with Crippen LogP contribution in [0.5, 0.6) is 11.5 Å². The number of carbonyl (C=O) groups excluding carboxylic acids is 1. The number of hydrogen-bond donors (Lipinski definition) is 1. The molecule has 1 aromatic carbocycles. The maximum absolute atomic E-state index is 12.7. The average Bonchev–Trinajstić information content (AvgIpc) is 2.84. The Morgan fingerprint density at radius 1 is 1.33 bits per heavy atom. The molecule has 0 atom stereocenters. The van der Waals surface area contributed by atoms with E-state index in [2.05, 4.69) is 12.2 Å². The highest BCUT2D eigenvalue weighted by molar-refractivity contribution is 6.32. The first-order valence-electron chi connectivity index (χ1n) is 8.17. The van der Waals surface area contributed by atoms with Crippen LogP contribution >= 0.6 is 24.0 Å². The molecule has 1 amide bonds. The highest BCUT2D eigenvalue weighted by Crippen LogP contribution is 2.37. The Labute approximate surface area is 155 Å². The van der Waals surface area contributed by atoms with E-state index in [0.29, 0.717) is 35.2 Å². The number of benzene rings is 1. The number of carbonyl (C=O) groups is 1. The van der Waals surface area contributed by atoms with E-state index in [4.69, 9.17) is 21.1 Å². The SMILES string of the molecule is CCCCOc1c(Cl)cc(C(=O)N2CCCNCC2)cc1OC.Cl. The van der Waals surface area contributed by atoms with Gasteiger partial charge in [0.05, 0.1) is 18.7 Å². The van der Waals surface area contributed by atoms with Gasteiger partial charge in [0.25, 0.3) is 5.91 Å². The number of halogens is 2. The number of unbranched alkanes of at least 4 members (excludes halogenated alkanes) is 1. The van der Waals surface area contributed by atoms with E-state index >= 15 is 0 Å². The Morgan fingerprint density at radius 2 is 2.12 bits per heavy atom. The fourth-order valence-electron chi connectivity index (χ4n) is 2.53. The predicted molar refractivity (Wildman–Crippen MR) is 99.0 cm³/mol. The molecule has 1 heterocycles. The lowest BCUT2D eigenvalue weighted by atomic mass is 10.1. The highest BCUT2D eigenvalue weighted by atomic mass is 35.5. The number of amides is 1. The van der Waals surface area contributed by atoms with E-state index in [1.54, 1.807) is 19.2 Å². The summed E-state index contributed by atoms with van der Waals surface area (Å²) in [5.74, 6) is 0.996. The van der Waals surface area contributed by atoms with E-state index in [1.165, 1.54) is 0 Å². The van der Waals surface area contributed by atoms with Crippen LogP contribution in [0.25, 0.3) is 0 Å². The number of hydrogen-bond acceptors (Lipinski definition) is 4. The van der Waals surface area contributed by atoms with Gasteiger partial charge in [-0.3, -0.25) is 4.79 Å². The van der Waals surface area contributed by atoms with Crippen molar-refractivity contribution in [2.45, 2.75) is 26.2 Å². The molecular weight excluding hydrogens is 351 g/mol. The molecular formula is C17H26Cl2N2O3. The van der Waals surface area contributed by atoms with Crippen molar-refractivity contribution in [2.75, 3.05) is 39.9 Å². The normalized spacial score (nSPS) is 14.5. The second-order valence-corrected chi connectivity index (χ2v) is 5.99. The number of nitrogens with one attached hydrogen (secondary N) is 1. The molecule has 0 radical (unpaired) electrons. The summed E-state index contributed by atoms with van der Waals surface area (Å²) in [7, 11) is 1.56. The summed E-state index contributed by atoms with van der Waals surface area (Å²) in [5.41, 5.74) is 0.539. The van der Waals surface area contributed by atoms with Crippen LogP contribution in [0, 0.1) is 0 Å². The van der Waals surface area contributed by atoms with Crippen molar-refractivity contribution in [3.05, 3.63) is 22.7 Å². The topological polar surface area (TPSA) is 50.8 Å². The standard InChI is InChI=1S/C17H25ClN2O3.ClH/c1-3-4-10-23-16-14(18)11-13(12-15(16)22-2)17(21)20-8-5-6-19-7-9-20;/h11-12,19H,3-10H2,1-2H3;1H. The number of nitrogens with zero attached hydrogens (tertiary/aromatic N) is 1. The minimum absolute atomic E-state index is 0. The molecule has 0 spiro atoms. The smallest absolute Gasteiger partial charge is 0.254 e. The molecule has 7 heteroatoms. The third-order valence-corrected chi connectivity index (χ3v) is 4.13. The summed E-state index contributed by atoms with van der Waals surface area (Å²) in [6, 6.07) is 3.39. The summed E-state index contributed by atoms with van der Waals surface area (Å²) in [6.07, 6.45) is 2.94. The minimum Gasteiger partial charge on any atom is -0.493 e. The van der Waals surface area contributed by atoms with E-state index in [1.807, 2.05) is 4.90 Å². The lowest BCUT2D eigenvalue weighted by Crippen LogP contribution is -2.34. The zero-order valence-corrected chi connectivity index (χ0v) is 15.8. The first-order chi connectivity index (χ1) is 11.2. The van der Waals surface area contributed by atoms with Gasteiger partial charge in [-0.1, -0.05) is 24.9 Å². The second-order valence-electron chi connectivity index (χ2n) is 5.59.